The van der Waals surface area contributed by atoms with Crippen molar-refractivity contribution in [2.24, 2.45) is 22.2 Å². The minimum atomic E-state index is -1.08. The summed E-state index contributed by atoms with van der Waals surface area (Å²) in [5.74, 6) is -3.00. The number of nitrogens with one attached hydrogen (secondary N) is 1. The zero-order valence-electron chi connectivity index (χ0n) is 18.4. The summed E-state index contributed by atoms with van der Waals surface area (Å²) in [4.78, 5) is 55.5. The van der Waals surface area contributed by atoms with Crippen LogP contribution in [0.1, 0.15) is 31.2 Å². The molecule has 0 saturated carbocycles. The lowest BCUT2D eigenvalue weighted by atomic mass is 10.0. The van der Waals surface area contributed by atoms with Crippen LogP contribution in [0.15, 0.2) is 35.3 Å². The highest BCUT2D eigenvalue weighted by molar-refractivity contribution is 6.48. The van der Waals surface area contributed by atoms with Gasteiger partial charge in [-0.15, -0.1) is 11.6 Å². The van der Waals surface area contributed by atoms with E-state index in [-0.39, 0.29) is 24.8 Å². The Balaban J connectivity index is 2.04. The molecule has 1 heterocycles. The third-order valence-corrected chi connectivity index (χ3v) is 5.67. The summed E-state index contributed by atoms with van der Waals surface area (Å²) in [6.07, 6.45) is 1.93. The minimum Gasteiger partial charge on any atom is -0.370 e. The number of likely N-dealkylation sites (tertiary alicyclic amines) is 1. The monoisotopic (exact) mass is 478 g/mol. The van der Waals surface area contributed by atoms with Crippen LogP contribution in [0.5, 0.6) is 0 Å². The summed E-state index contributed by atoms with van der Waals surface area (Å²) in [7, 11) is 0. The van der Waals surface area contributed by atoms with Gasteiger partial charge in [0.1, 0.15) is 6.04 Å². The van der Waals surface area contributed by atoms with Gasteiger partial charge in [0.15, 0.2) is 5.96 Å². The van der Waals surface area contributed by atoms with Crippen molar-refractivity contribution in [3.8, 4) is 0 Å². The molecule has 11 heteroatoms. The van der Waals surface area contributed by atoms with Gasteiger partial charge in [0.2, 0.25) is 23.4 Å². The van der Waals surface area contributed by atoms with Crippen molar-refractivity contribution in [3.63, 3.8) is 0 Å². The Morgan fingerprint density at radius 3 is 2.52 bits per heavy atom. The highest BCUT2D eigenvalue weighted by Gasteiger charge is 2.38. The topological polar surface area (TPSA) is 174 Å². The first kappa shape index (κ1) is 26.3. The molecule has 10 nitrogen and oxygen atoms in total. The number of guanidine groups is 1. The fraction of sp³-hybridized carbons (Fsp3) is 0.500. The molecule has 2 unspecified atom stereocenters. The number of Topliss-reactive ketones (excluding diaryl/α,β-unsaturated/α-hetero) is 2. The normalized spacial score (nSPS) is 17.2. The van der Waals surface area contributed by atoms with Gasteiger partial charge < -0.3 is 27.4 Å². The Labute approximate surface area is 197 Å². The second-order valence-corrected chi connectivity index (χ2v) is 8.18. The van der Waals surface area contributed by atoms with E-state index in [4.69, 9.17) is 28.8 Å². The molecule has 0 bridgehead atoms. The maximum Gasteiger partial charge on any atom is 0.243 e. The second-order valence-electron chi connectivity index (χ2n) is 7.92. The lowest BCUT2D eigenvalue weighted by Gasteiger charge is -2.28. The Morgan fingerprint density at radius 2 is 1.88 bits per heavy atom. The third kappa shape index (κ3) is 7.83. The zero-order valence-corrected chi connectivity index (χ0v) is 19.2. The Bertz CT molecular complexity index is 875. The first-order valence-electron chi connectivity index (χ1n) is 10.8. The van der Waals surface area contributed by atoms with E-state index in [0.29, 0.717) is 32.2 Å². The molecule has 1 aliphatic rings. The van der Waals surface area contributed by atoms with Crippen molar-refractivity contribution in [2.45, 2.75) is 50.2 Å². The van der Waals surface area contributed by atoms with Crippen molar-refractivity contribution in [3.05, 3.63) is 35.9 Å². The van der Waals surface area contributed by atoms with Crippen molar-refractivity contribution >= 4 is 40.9 Å². The number of nitrogens with two attached hydrogens (primary N) is 3. The number of benzene rings is 1. The largest absolute Gasteiger partial charge is 0.370 e. The molecule has 1 aromatic carbocycles. The zero-order chi connectivity index (χ0) is 24.4. The molecule has 3 atom stereocenters. The highest BCUT2D eigenvalue weighted by atomic mass is 35.5. The Hall–Kier alpha value is -2.98. The molecule has 7 N–H and O–H groups in total. The number of hydrogen-bond donors (Lipinski definition) is 4. The van der Waals surface area contributed by atoms with Gasteiger partial charge in [-0.05, 0) is 37.7 Å². The van der Waals surface area contributed by atoms with Gasteiger partial charge >= 0.3 is 0 Å². The van der Waals surface area contributed by atoms with Crippen LogP contribution in [-0.4, -0.2) is 71.3 Å². The van der Waals surface area contributed by atoms with Crippen LogP contribution < -0.4 is 22.5 Å². The van der Waals surface area contributed by atoms with Crippen molar-refractivity contribution in [1.29, 1.82) is 0 Å². The molecule has 0 aromatic heterocycles. The summed E-state index contributed by atoms with van der Waals surface area (Å²) in [6.45, 7) is 0.628. The number of aliphatic imine (C=N–C) groups is 1. The maximum absolute atomic E-state index is 13.0. The number of halogens is 1. The first-order chi connectivity index (χ1) is 15.7. The van der Waals surface area contributed by atoms with E-state index < -0.39 is 41.5 Å². The number of carbonyl (C=O) groups is 4. The van der Waals surface area contributed by atoms with Gasteiger partial charge in [-0.25, -0.2) is 0 Å². The van der Waals surface area contributed by atoms with Crippen LogP contribution in [0.25, 0.3) is 0 Å². The van der Waals surface area contributed by atoms with Gasteiger partial charge in [-0.3, -0.25) is 24.2 Å². The van der Waals surface area contributed by atoms with Gasteiger partial charge in [0, 0.05) is 13.1 Å². The molecule has 180 valence electrons. The molecule has 1 fully saturated rings. The molecular weight excluding hydrogens is 448 g/mol. The number of carbonyl (C=O) groups excluding carboxylic acids is 4. The molecular formula is C22H31ClN6O4. The summed E-state index contributed by atoms with van der Waals surface area (Å²) >= 11 is 5.52. The number of hydrogen-bond acceptors (Lipinski definition) is 6. The van der Waals surface area contributed by atoms with E-state index in [9.17, 15) is 19.2 Å². The molecule has 0 spiro atoms. The Kier molecular flexibility index (Phi) is 10.3. The molecule has 0 aliphatic carbocycles. The molecule has 1 aromatic rings. The van der Waals surface area contributed by atoms with E-state index in [1.807, 2.05) is 30.3 Å². The predicted molar refractivity (Wildman–Crippen MR) is 125 cm³/mol. The average Bonchev–Trinajstić information content (AvgIpc) is 3.30. The standard InChI is InChI=1S/C22H31ClN6O4/c23-13-18(30)19(31)16(8-4-10-27-22(25)26)28-20(32)17-9-5-11-29(17)21(33)15(24)12-14-6-2-1-3-7-14/h1-3,6-7,15-17H,4-5,8-13,24H2,(H,28,32)(H4,25,26,27)/t15?,16?,17-/m0/s1. The van der Waals surface area contributed by atoms with Crippen LogP contribution in [0.3, 0.4) is 0 Å². The SMILES string of the molecule is NC(N)=NCCCC(NC(=O)[C@@H]1CCCN1C(=O)C(N)Cc1ccccc1)C(=O)C(=O)CCl. The van der Waals surface area contributed by atoms with E-state index >= 15 is 0 Å². The molecule has 2 amide bonds. The molecule has 33 heavy (non-hydrogen) atoms. The van der Waals surface area contributed by atoms with Gasteiger partial charge in [0.25, 0.3) is 0 Å². The van der Waals surface area contributed by atoms with Gasteiger partial charge in [-0.1, -0.05) is 30.3 Å². The fourth-order valence-electron chi connectivity index (χ4n) is 3.77. The van der Waals surface area contributed by atoms with Crippen molar-refractivity contribution in [1.82, 2.24) is 10.2 Å². The molecule has 2 rings (SSSR count). The van der Waals surface area contributed by atoms with E-state index in [2.05, 4.69) is 10.3 Å². The molecule has 1 saturated heterocycles. The number of rotatable bonds is 12. The number of alkyl halides is 1. The number of nitrogens with zero attached hydrogens (tertiary/aromatic N) is 2. The summed E-state index contributed by atoms with van der Waals surface area (Å²) in [5, 5.41) is 2.62. The van der Waals surface area contributed by atoms with Crippen molar-refractivity contribution < 1.29 is 19.2 Å². The summed E-state index contributed by atoms with van der Waals surface area (Å²) in [6, 6.07) is 6.74. The van der Waals surface area contributed by atoms with Gasteiger partial charge in [0.05, 0.1) is 18.0 Å². The Morgan fingerprint density at radius 1 is 1.18 bits per heavy atom. The van der Waals surface area contributed by atoms with Crippen LogP contribution in [0, 0.1) is 0 Å². The fourth-order valence-corrected chi connectivity index (χ4v) is 3.90. The molecule has 0 radical (unpaired) electrons. The quantitative estimate of drug-likeness (QED) is 0.102. The first-order valence-corrected chi connectivity index (χ1v) is 11.4. The third-order valence-electron chi connectivity index (χ3n) is 5.43. The highest BCUT2D eigenvalue weighted by Crippen LogP contribution is 2.20. The minimum absolute atomic E-state index is 0.0919. The van der Waals surface area contributed by atoms with Crippen LogP contribution >= 0.6 is 11.6 Å². The van der Waals surface area contributed by atoms with E-state index in [1.165, 1.54) is 4.90 Å². The van der Waals surface area contributed by atoms with Crippen molar-refractivity contribution in [2.75, 3.05) is 19.0 Å². The smallest absolute Gasteiger partial charge is 0.243 e. The maximum atomic E-state index is 13.0. The summed E-state index contributed by atoms with van der Waals surface area (Å²) in [5.41, 5.74) is 17.6. The lowest BCUT2D eigenvalue weighted by molar-refractivity contribution is -0.141. The number of ketones is 2. The predicted octanol–water partition coefficient (Wildman–Crippen LogP) is -0.537. The second kappa shape index (κ2) is 12.9. The number of amides is 2. The van der Waals surface area contributed by atoms with Crippen LogP contribution in [0.2, 0.25) is 0 Å². The lowest BCUT2D eigenvalue weighted by Crippen LogP contribution is -2.54. The summed E-state index contributed by atoms with van der Waals surface area (Å²) < 4.78 is 0. The average molecular weight is 479 g/mol. The van der Waals surface area contributed by atoms with E-state index in [0.717, 1.165) is 5.56 Å². The van der Waals surface area contributed by atoms with Crippen LogP contribution in [-0.2, 0) is 25.6 Å². The van der Waals surface area contributed by atoms with Crippen LogP contribution in [0.4, 0.5) is 0 Å². The van der Waals surface area contributed by atoms with E-state index in [1.54, 1.807) is 0 Å². The molecule has 1 aliphatic heterocycles. The van der Waals surface area contributed by atoms with Gasteiger partial charge in [-0.2, -0.15) is 0 Å².